The Morgan fingerprint density at radius 3 is 2.71 bits per heavy atom. The number of hydrogen-bond acceptors (Lipinski definition) is 3. The van der Waals surface area contributed by atoms with Gasteiger partial charge in [0.15, 0.2) is 0 Å². The Morgan fingerprint density at radius 1 is 1.41 bits per heavy atom. The SMILES string of the molecule is CC1CC(CN)CN1CC(=O)NC1CCCC1. The Balaban J connectivity index is 1.74. The largest absolute Gasteiger partial charge is 0.352 e. The quantitative estimate of drug-likeness (QED) is 0.760. The van der Waals surface area contributed by atoms with Crippen molar-refractivity contribution >= 4 is 5.91 Å². The van der Waals surface area contributed by atoms with Crippen molar-refractivity contribution in [1.82, 2.24) is 10.2 Å². The van der Waals surface area contributed by atoms with Gasteiger partial charge in [-0.25, -0.2) is 0 Å². The summed E-state index contributed by atoms with van der Waals surface area (Å²) in [5.74, 6) is 0.769. The van der Waals surface area contributed by atoms with Crippen LogP contribution >= 0.6 is 0 Å². The van der Waals surface area contributed by atoms with Crippen LogP contribution in [0.25, 0.3) is 0 Å². The first-order chi connectivity index (χ1) is 8.19. The second-order valence-corrected chi connectivity index (χ2v) is 5.66. The van der Waals surface area contributed by atoms with Gasteiger partial charge in [-0.05, 0) is 38.6 Å². The van der Waals surface area contributed by atoms with Gasteiger partial charge in [-0.15, -0.1) is 0 Å². The van der Waals surface area contributed by atoms with Gasteiger partial charge >= 0.3 is 0 Å². The molecule has 0 bridgehead atoms. The Morgan fingerprint density at radius 2 is 2.12 bits per heavy atom. The van der Waals surface area contributed by atoms with E-state index in [-0.39, 0.29) is 5.91 Å². The first kappa shape index (κ1) is 12.8. The van der Waals surface area contributed by atoms with Gasteiger partial charge in [0.1, 0.15) is 0 Å². The van der Waals surface area contributed by atoms with Gasteiger partial charge < -0.3 is 11.1 Å². The Hall–Kier alpha value is -0.610. The minimum absolute atomic E-state index is 0.196. The van der Waals surface area contributed by atoms with Crippen LogP contribution in [-0.4, -0.2) is 42.5 Å². The van der Waals surface area contributed by atoms with Crippen molar-refractivity contribution in [3.05, 3.63) is 0 Å². The third-order valence-electron chi connectivity index (χ3n) is 4.19. The molecule has 0 aromatic carbocycles. The highest BCUT2D eigenvalue weighted by atomic mass is 16.2. The smallest absolute Gasteiger partial charge is 0.234 e. The van der Waals surface area contributed by atoms with Gasteiger partial charge in [-0.2, -0.15) is 0 Å². The van der Waals surface area contributed by atoms with Crippen LogP contribution in [0.4, 0.5) is 0 Å². The molecular formula is C13H25N3O. The first-order valence-electron chi connectivity index (χ1n) is 6.92. The second-order valence-electron chi connectivity index (χ2n) is 5.66. The maximum Gasteiger partial charge on any atom is 0.234 e. The topological polar surface area (TPSA) is 58.4 Å². The summed E-state index contributed by atoms with van der Waals surface area (Å²) in [6, 6.07) is 0.934. The molecular weight excluding hydrogens is 214 g/mol. The number of hydrogen-bond donors (Lipinski definition) is 2. The molecule has 0 spiro atoms. The van der Waals surface area contributed by atoms with Crippen molar-refractivity contribution in [2.24, 2.45) is 11.7 Å². The molecule has 2 aliphatic rings. The number of carbonyl (C=O) groups is 1. The van der Waals surface area contributed by atoms with E-state index in [4.69, 9.17) is 5.73 Å². The summed E-state index contributed by atoms with van der Waals surface area (Å²) >= 11 is 0. The normalized spacial score (nSPS) is 30.9. The lowest BCUT2D eigenvalue weighted by Gasteiger charge is -2.21. The summed E-state index contributed by atoms with van der Waals surface area (Å²) < 4.78 is 0. The Kier molecular flexibility index (Phi) is 4.40. The van der Waals surface area contributed by atoms with Gasteiger partial charge in [-0.3, -0.25) is 9.69 Å². The van der Waals surface area contributed by atoms with Crippen LogP contribution in [-0.2, 0) is 4.79 Å². The second kappa shape index (κ2) is 5.83. The molecule has 2 unspecified atom stereocenters. The van der Waals surface area contributed by atoms with E-state index in [1.807, 2.05) is 0 Å². The Bertz CT molecular complexity index is 263. The summed E-state index contributed by atoms with van der Waals surface area (Å²) in [7, 11) is 0. The van der Waals surface area contributed by atoms with Crippen molar-refractivity contribution < 1.29 is 4.79 Å². The zero-order valence-electron chi connectivity index (χ0n) is 10.8. The van der Waals surface area contributed by atoms with Gasteiger partial charge in [-0.1, -0.05) is 12.8 Å². The molecule has 3 N–H and O–H groups in total. The first-order valence-corrected chi connectivity index (χ1v) is 6.92. The van der Waals surface area contributed by atoms with E-state index in [9.17, 15) is 4.79 Å². The van der Waals surface area contributed by atoms with Gasteiger partial charge in [0.25, 0.3) is 0 Å². The summed E-state index contributed by atoms with van der Waals surface area (Å²) in [4.78, 5) is 14.2. The number of nitrogens with two attached hydrogens (primary N) is 1. The van der Waals surface area contributed by atoms with E-state index in [0.717, 1.165) is 32.4 Å². The van der Waals surface area contributed by atoms with Gasteiger partial charge in [0.2, 0.25) is 5.91 Å². The summed E-state index contributed by atoms with van der Waals surface area (Å²) in [6.07, 6.45) is 5.98. The molecule has 4 heteroatoms. The predicted molar refractivity (Wildman–Crippen MR) is 68.6 cm³/mol. The number of nitrogens with zero attached hydrogens (tertiary/aromatic N) is 1. The van der Waals surface area contributed by atoms with Crippen molar-refractivity contribution in [2.45, 2.75) is 51.1 Å². The van der Waals surface area contributed by atoms with E-state index in [2.05, 4.69) is 17.1 Å². The molecule has 2 atom stereocenters. The molecule has 0 radical (unpaired) electrons. The van der Waals surface area contributed by atoms with E-state index in [1.54, 1.807) is 0 Å². The van der Waals surface area contributed by atoms with Crippen LogP contribution in [0.3, 0.4) is 0 Å². The highest BCUT2D eigenvalue weighted by Gasteiger charge is 2.29. The average molecular weight is 239 g/mol. The summed E-state index contributed by atoms with van der Waals surface area (Å²) in [5, 5.41) is 3.15. The molecule has 4 nitrogen and oxygen atoms in total. The van der Waals surface area contributed by atoms with Crippen LogP contribution in [0.5, 0.6) is 0 Å². The lowest BCUT2D eigenvalue weighted by molar-refractivity contribution is -0.123. The third kappa shape index (κ3) is 3.42. The highest BCUT2D eigenvalue weighted by molar-refractivity contribution is 5.78. The monoisotopic (exact) mass is 239 g/mol. The summed E-state index contributed by atoms with van der Waals surface area (Å²) in [6.45, 7) is 4.47. The molecule has 2 rings (SSSR count). The molecule has 1 amide bonds. The lowest BCUT2D eigenvalue weighted by atomic mass is 10.1. The zero-order valence-corrected chi connectivity index (χ0v) is 10.8. The number of amides is 1. The molecule has 2 fully saturated rings. The van der Waals surface area contributed by atoms with E-state index < -0.39 is 0 Å². The van der Waals surface area contributed by atoms with E-state index in [1.165, 1.54) is 12.8 Å². The third-order valence-corrected chi connectivity index (χ3v) is 4.19. The molecule has 1 saturated carbocycles. The fraction of sp³-hybridized carbons (Fsp3) is 0.923. The number of nitrogens with one attached hydrogen (secondary N) is 1. The molecule has 98 valence electrons. The van der Waals surface area contributed by atoms with Crippen molar-refractivity contribution in [3.63, 3.8) is 0 Å². The number of rotatable bonds is 4. The predicted octanol–water partition coefficient (Wildman–Crippen LogP) is 0.714. The Labute approximate surface area is 104 Å². The van der Waals surface area contributed by atoms with Crippen LogP contribution in [0.1, 0.15) is 39.0 Å². The van der Waals surface area contributed by atoms with Gasteiger partial charge in [0.05, 0.1) is 6.54 Å². The molecule has 1 aliphatic heterocycles. The fourth-order valence-electron chi connectivity index (χ4n) is 3.14. The van der Waals surface area contributed by atoms with Crippen molar-refractivity contribution in [3.8, 4) is 0 Å². The molecule has 17 heavy (non-hydrogen) atoms. The molecule has 0 aromatic heterocycles. The maximum atomic E-state index is 11.9. The zero-order chi connectivity index (χ0) is 12.3. The van der Waals surface area contributed by atoms with E-state index >= 15 is 0 Å². The fourth-order valence-corrected chi connectivity index (χ4v) is 3.14. The number of carbonyl (C=O) groups excluding carboxylic acids is 1. The lowest BCUT2D eigenvalue weighted by Crippen LogP contribution is -2.42. The van der Waals surface area contributed by atoms with Crippen LogP contribution in [0.2, 0.25) is 0 Å². The average Bonchev–Trinajstić information content (AvgIpc) is 2.89. The van der Waals surface area contributed by atoms with Crippen LogP contribution < -0.4 is 11.1 Å². The van der Waals surface area contributed by atoms with Crippen LogP contribution in [0, 0.1) is 5.92 Å². The minimum atomic E-state index is 0.196. The standard InChI is InChI=1S/C13H25N3O/c1-10-6-11(7-14)8-16(10)9-13(17)15-12-4-2-3-5-12/h10-12H,2-9,14H2,1H3,(H,15,17). The molecule has 0 aromatic rings. The highest BCUT2D eigenvalue weighted by Crippen LogP contribution is 2.22. The summed E-state index contributed by atoms with van der Waals surface area (Å²) in [5.41, 5.74) is 5.69. The number of likely N-dealkylation sites (tertiary alicyclic amines) is 1. The molecule has 1 heterocycles. The molecule has 1 aliphatic carbocycles. The maximum absolute atomic E-state index is 11.9. The minimum Gasteiger partial charge on any atom is -0.352 e. The molecule has 1 saturated heterocycles. The van der Waals surface area contributed by atoms with Crippen LogP contribution in [0.15, 0.2) is 0 Å². The van der Waals surface area contributed by atoms with Gasteiger partial charge in [0, 0.05) is 18.6 Å². The van der Waals surface area contributed by atoms with Crippen molar-refractivity contribution in [1.29, 1.82) is 0 Å². The van der Waals surface area contributed by atoms with Crippen molar-refractivity contribution in [2.75, 3.05) is 19.6 Å². The van der Waals surface area contributed by atoms with E-state index in [0.29, 0.717) is 24.5 Å².